The third kappa shape index (κ3) is 3.04. The third-order valence-electron chi connectivity index (χ3n) is 2.48. The molecule has 2 aromatic rings. The van der Waals surface area contributed by atoms with Crippen LogP contribution in [-0.2, 0) is 11.2 Å². The normalized spacial score (nSPS) is 10.2. The van der Waals surface area contributed by atoms with Crippen molar-refractivity contribution in [3.8, 4) is 0 Å². The number of anilines is 2. The molecule has 98 valence electrons. The molecule has 0 atom stereocenters. The number of nitrogen functional groups attached to an aromatic ring is 1. The van der Waals surface area contributed by atoms with Gasteiger partial charge in [0.15, 0.2) is 17.5 Å². The van der Waals surface area contributed by atoms with Crippen LogP contribution in [0.4, 0.5) is 20.3 Å². The highest BCUT2D eigenvalue weighted by molar-refractivity contribution is 5.93. The van der Waals surface area contributed by atoms with Gasteiger partial charge < -0.3 is 11.1 Å². The van der Waals surface area contributed by atoms with E-state index in [0.29, 0.717) is 5.69 Å². The van der Waals surface area contributed by atoms with Crippen LogP contribution >= 0.6 is 0 Å². The average Bonchev–Trinajstić information content (AvgIpc) is 2.38. The number of hydrogen-bond donors (Lipinski definition) is 2. The highest BCUT2D eigenvalue weighted by Gasteiger charge is 2.12. The molecular formula is C13H11F2N3O. The molecule has 0 unspecified atom stereocenters. The smallest absolute Gasteiger partial charge is 0.230 e. The Morgan fingerprint density at radius 3 is 2.79 bits per heavy atom. The van der Waals surface area contributed by atoms with E-state index in [-0.39, 0.29) is 17.8 Å². The van der Waals surface area contributed by atoms with Gasteiger partial charge in [-0.05, 0) is 18.2 Å². The lowest BCUT2D eigenvalue weighted by molar-refractivity contribution is -0.115. The van der Waals surface area contributed by atoms with Crippen molar-refractivity contribution >= 4 is 17.4 Å². The van der Waals surface area contributed by atoms with Crippen molar-refractivity contribution in [1.82, 2.24) is 4.98 Å². The highest BCUT2D eigenvalue weighted by Crippen LogP contribution is 2.15. The Morgan fingerprint density at radius 1 is 1.26 bits per heavy atom. The van der Waals surface area contributed by atoms with Crippen LogP contribution in [0.2, 0.25) is 0 Å². The van der Waals surface area contributed by atoms with E-state index in [1.54, 1.807) is 12.1 Å². The molecule has 0 saturated carbocycles. The van der Waals surface area contributed by atoms with Crippen molar-refractivity contribution in [3.63, 3.8) is 0 Å². The molecule has 0 aliphatic carbocycles. The molecule has 1 amide bonds. The zero-order valence-corrected chi connectivity index (χ0v) is 9.86. The second kappa shape index (κ2) is 5.43. The molecule has 0 aliphatic rings. The van der Waals surface area contributed by atoms with E-state index < -0.39 is 17.5 Å². The number of nitrogens with two attached hydrogens (primary N) is 1. The van der Waals surface area contributed by atoms with Crippen molar-refractivity contribution in [2.75, 3.05) is 11.1 Å². The summed E-state index contributed by atoms with van der Waals surface area (Å²) >= 11 is 0. The Labute approximate surface area is 108 Å². The summed E-state index contributed by atoms with van der Waals surface area (Å²) in [5.74, 6) is -2.33. The standard InChI is InChI=1S/C13H11F2N3O/c14-9-4-1-3-8(12(9)15)7-11(19)18-13-10(16)5-2-6-17-13/h1-6H,7,16H2,(H,17,18,19). The van der Waals surface area contributed by atoms with Gasteiger partial charge in [-0.15, -0.1) is 0 Å². The molecule has 0 radical (unpaired) electrons. The Bertz CT molecular complexity index is 617. The molecule has 19 heavy (non-hydrogen) atoms. The summed E-state index contributed by atoms with van der Waals surface area (Å²) in [4.78, 5) is 15.6. The molecule has 0 fully saturated rings. The van der Waals surface area contributed by atoms with Crippen molar-refractivity contribution in [1.29, 1.82) is 0 Å². The quantitative estimate of drug-likeness (QED) is 0.891. The first kappa shape index (κ1) is 12.9. The van der Waals surface area contributed by atoms with Crippen LogP contribution in [0, 0.1) is 11.6 Å². The zero-order chi connectivity index (χ0) is 13.8. The van der Waals surface area contributed by atoms with Crippen LogP contribution in [0.1, 0.15) is 5.56 Å². The first-order valence-electron chi connectivity index (χ1n) is 5.51. The Morgan fingerprint density at radius 2 is 2.05 bits per heavy atom. The van der Waals surface area contributed by atoms with Gasteiger partial charge in [0.1, 0.15) is 0 Å². The van der Waals surface area contributed by atoms with Crippen molar-refractivity contribution < 1.29 is 13.6 Å². The van der Waals surface area contributed by atoms with Crippen molar-refractivity contribution in [3.05, 3.63) is 53.7 Å². The van der Waals surface area contributed by atoms with E-state index >= 15 is 0 Å². The van der Waals surface area contributed by atoms with Crippen LogP contribution in [0.5, 0.6) is 0 Å². The van der Waals surface area contributed by atoms with Crippen LogP contribution in [0.3, 0.4) is 0 Å². The number of nitrogens with one attached hydrogen (secondary N) is 1. The van der Waals surface area contributed by atoms with Gasteiger partial charge in [-0.25, -0.2) is 13.8 Å². The van der Waals surface area contributed by atoms with E-state index in [1.807, 2.05) is 0 Å². The fourth-order valence-electron chi connectivity index (χ4n) is 1.56. The predicted molar refractivity (Wildman–Crippen MR) is 67.3 cm³/mol. The number of carbonyl (C=O) groups excluding carboxylic acids is 1. The molecule has 3 N–H and O–H groups in total. The minimum atomic E-state index is -1.02. The van der Waals surface area contributed by atoms with Gasteiger partial charge in [0.05, 0.1) is 12.1 Å². The Kier molecular flexibility index (Phi) is 3.70. The van der Waals surface area contributed by atoms with Crippen molar-refractivity contribution in [2.45, 2.75) is 6.42 Å². The second-order valence-corrected chi connectivity index (χ2v) is 3.88. The van der Waals surface area contributed by atoms with E-state index in [1.165, 1.54) is 18.3 Å². The number of amides is 1. The molecule has 1 heterocycles. The summed E-state index contributed by atoms with van der Waals surface area (Å²) in [5.41, 5.74) is 5.89. The van der Waals surface area contributed by atoms with E-state index in [2.05, 4.69) is 10.3 Å². The van der Waals surface area contributed by atoms with E-state index in [0.717, 1.165) is 6.07 Å². The highest BCUT2D eigenvalue weighted by atomic mass is 19.2. The van der Waals surface area contributed by atoms with Crippen molar-refractivity contribution in [2.24, 2.45) is 0 Å². The SMILES string of the molecule is Nc1cccnc1NC(=O)Cc1cccc(F)c1F. The number of aromatic nitrogens is 1. The number of nitrogens with zero attached hydrogens (tertiary/aromatic N) is 1. The number of benzene rings is 1. The fourth-order valence-corrected chi connectivity index (χ4v) is 1.56. The van der Waals surface area contributed by atoms with E-state index in [4.69, 9.17) is 5.73 Å². The minimum Gasteiger partial charge on any atom is -0.396 e. The molecule has 0 saturated heterocycles. The van der Waals surface area contributed by atoms with Crippen LogP contribution < -0.4 is 11.1 Å². The molecule has 4 nitrogen and oxygen atoms in total. The van der Waals surface area contributed by atoms with Gasteiger partial charge in [-0.1, -0.05) is 12.1 Å². The summed E-state index contributed by atoms with van der Waals surface area (Å²) in [6, 6.07) is 6.88. The number of pyridine rings is 1. The first-order chi connectivity index (χ1) is 9.08. The molecule has 1 aromatic heterocycles. The molecule has 6 heteroatoms. The first-order valence-corrected chi connectivity index (χ1v) is 5.51. The maximum absolute atomic E-state index is 13.4. The monoisotopic (exact) mass is 263 g/mol. The number of halogens is 2. The van der Waals surface area contributed by atoms with Gasteiger partial charge >= 0.3 is 0 Å². The predicted octanol–water partition coefficient (Wildman–Crippen LogP) is 2.12. The lowest BCUT2D eigenvalue weighted by Gasteiger charge is -2.07. The van der Waals surface area contributed by atoms with Gasteiger partial charge in [-0.3, -0.25) is 4.79 Å². The average molecular weight is 263 g/mol. The molecule has 1 aromatic carbocycles. The Hall–Kier alpha value is -2.50. The topological polar surface area (TPSA) is 68.0 Å². The zero-order valence-electron chi connectivity index (χ0n) is 9.86. The summed E-state index contributed by atoms with van der Waals surface area (Å²) in [7, 11) is 0. The minimum absolute atomic E-state index is 0.0213. The fraction of sp³-hybridized carbons (Fsp3) is 0.0769. The molecule has 0 aliphatic heterocycles. The lowest BCUT2D eigenvalue weighted by atomic mass is 10.1. The van der Waals surface area contributed by atoms with E-state index in [9.17, 15) is 13.6 Å². The van der Waals surface area contributed by atoms with Crippen LogP contribution in [0.15, 0.2) is 36.5 Å². The van der Waals surface area contributed by atoms with Crippen LogP contribution in [-0.4, -0.2) is 10.9 Å². The molecule has 2 rings (SSSR count). The lowest BCUT2D eigenvalue weighted by Crippen LogP contribution is -2.17. The number of hydrogen-bond acceptors (Lipinski definition) is 3. The van der Waals surface area contributed by atoms with Crippen LogP contribution in [0.25, 0.3) is 0 Å². The largest absolute Gasteiger partial charge is 0.396 e. The molecule has 0 bridgehead atoms. The summed E-state index contributed by atoms with van der Waals surface area (Å²) in [5, 5.41) is 2.44. The number of rotatable bonds is 3. The second-order valence-electron chi connectivity index (χ2n) is 3.88. The summed E-state index contributed by atoms with van der Waals surface area (Å²) < 4.78 is 26.4. The third-order valence-corrected chi connectivity index (χ3v) is 2.48. The Balaban J connectivity index is 2.10. The summed E-state index contributed by atoms with van der Waals surface area (Å²) in [6.07, 6.45) is 1.17. The van der Waals surface area contributed by atoms with Gasteiger partial charge in [0, 0.05) is 11.8 Å². The van der Waals surface area contributed by atoms with Gasteiger partial charge in [0.2, 0.25) is 5.91 Å². The summed E-state index contributed by atoms with van der Waals surface area (Å²) in [6.45, 7) is 0. The van der Waals surface area contributed by atoms with Gasteiger partial charge in [-0.2, -0.15) is 0 Å². The van der Waals surface area contributed by atoms with Gasteiger partial charge in [0.25, 0.3) is 0 Å². The maximum Gasteiger partial charge on any atom is 0.230 e. The molecule has 0 spiro atoms. The maximum atomic E-state index is 13.4. The molecular weight excluding hydrogens is 252 g/mol. The number of carbonyl (C=O) groups is 1.